The number of rotatable bonds is 3. The van der Waals surface area contributed by atoms with Crippen LogP contribution in [0.1, 0.15) is 5.56 Å². The second-order valence-corrected chi connectivity index (χ2v) is 4.31. The molecule has 3 N–H and O–H groups in total. The highest BCUT2D eigenvalue weighted by Crippen LogP contribution is 2.17. The van der Waals surface area contributed by atoms with E-state index in [4.69, 9.17) is 5.11 Å². The predicted molar refractivity (Wildman–Crippen MR) is 68.0 cm³/mol. The third kappa shape index (κ3) is 4.05. The Labute approximate surface area is 102 Å². The standard InChI is InChI=1S/C10H13IN2O2/c1-7-6-8(11)2-3-9(7)13-10(15)12-4-5-14/h2-3,6,14H,4-5H2,1H3,(H2,12,13,15). The van der Waals surface area contributed by atoms with Crippen molar-refractivity contribution in [3.63, 3.8) is 0 Å². The first-order valence-electron chi connectivity index (χ1n) is 4.55. The van der Waals surface area contributed by atoms with E-state index in [0.29, 0.717) is 0 Å². The lowest BCUT2D eigenvalue weighted by molar-refractivity contribution is 0.245. The second-order valence-electron chi connectivity index (χ2n) is 3.06. The Kier molecular flexibility index (Phi) is 4.83. The van der Waals surface area contributed by atoms with Gasteiger partial charge in [-0.1, -0.05) is 0 Å². The summed E-state index contributed by atoms with van der Waals surface area (Å²) in [6, 6.07) is 5.47. The Balaban J connectivity index is 2.60. The molecule has 0 aromatic heterocycles. The van der Waals surface area contributed by atoms with Crippen LogP contribution in [0.4, 0.5) is 10.5 Å². The van der Waals surface area contributed by atoms with Crippen LogP contribution in [-0.4, -0.2) is 24.3 Å². The molecule has 0 saturated carbocycles. The number of aliphatic hydroxyl groups is 1. The Hall–Kier alpha value is -0.820. The summed E-state index contributed by atoms with van der Waals surface area (Å²) in [6.07, 6.45) is 0. The number of hydrogen-bond donors (Lipinski definition) is 3. The van der Waals surface area contributed by atoms with Gasteiger partial charge in [0.05, 0.1) is 6.61 Å². The van der Waals surface area contributed by atoms with Crippen molar-refractivity contribution in [2.45, 2.75) is 6.92 Å². The van der Waals surface area contributed by atoms with Crippen molar-refractivity contribution in [3.8, 4) is 0 Å². The van der Waals surface area contributed by atoms with E-state index in [1.54, 1.807) is 0 Å². The summed E-state index contributed by atoms with van der Waals surface area (Å²) in [5, 5.41) is 13.8. The molecule has 5 heteroatoms. The Morgan fingerprint density at radius 2 is 2.27 bits per heavy atom. The molecule has 0 atom stereocenters. The highest BCUT2D eigenvalue weighted by molar-refractivity contribution is 14.1. The molecule has 0 unspecified atom stereocenters. The highest BCUT2D eigenvalue weighted by Gasteiger charge is 2.03. The van der Waals surface area contributed by atoms with E-state index in [1.165, 1.54) is 0 Å². The maximum atomic E-state index is 11.3. The number of aryl methyl sites for hydroxylation is 1. The molecule has 1 rings (SSSR count). The topological polar surface area (TPSA) is 61.4 Å². The van der Waals surface area contributed by atoms with Crippen LogP contribution < -0.4 is 10.6 Å². The fourth-order valence-corrected chi connectivity index (χ4v) is 1.75. The molecule has 0 fully saturated rings. The number of amides is 2. The molecule has 0 aliphatic carbocycles. The number of anilines is 1. The summed E-state index contributed by atoms with van der Waals surface area (Å²) < 4.78 is 1.13. The highest BCUT2D eigenvalue weighted by atomic mass is 127. The fourth-order valence-electron chi connectivity index (χ4n) is 1.10. The number of hydrogen-bond acceptors (Lipinski definition) is 2. The molecular formula is C10H13IN2O2. The molecule has 0 bridgehead atoms. The van der Waals surface area contributed by atoms with Gasteiger partial charge in [0, 0.05) is 15.8 Å². The number of aliphatic hydroxyl groups excluding tert-OH is 1. The van der Waals surface area contributed by atoms with E-state index < -0.39 is 0 Å². The van der Waals surface area contributed by atoms with Gasteiger partial charge in [0.15, 0.2) is 0 Å². The Bertz CT molecular complexity index is 355. The van der Waals surface area contributed by atoms with Crippen LogP contribution in [0.2, 0.25) is 0 Å². The summed E-state index contributed by atoms with van der Waals surface area (Å²) in [4.78, 5) is 11.3. The van der Waals surface area contributed by atoms with E-state index in [1.807, 2.05) is 25.1 Å². The molecule has 0 radical (unpaired) electrons. The molecule has 0 saturated heterocycles. The lowest BCUT2D eigenvalue weighted by Gasteiger charge is -2.09. The van der Waals surface area contributed by atoms with Crippen molar-refractivity contribution in [3.05, 3.63) is 27.3 Å². The third-order valence-corrected chi connectivity index (χ3v) is 2.51. The van der Waals surface area contributed by atoms with Crippen molar-refractivity contribution in [1.29, 1.82) is 0 Å². The average molecular weight is 320 g/mol. The van der Waals surface area contributed by atoms with E-state index in [0.717, 1.165) is 14.8 Å². The minimum Gasteiger partial charge on any atom is -0.395 e. The monoisotopic (exact) mass is 320 g/mol. The van der Waals surface area contributed by atoms with Gasteiger partial charge < -0.3 is 15.7 Å². The van der Waals surface area contributed by atoms with E-state index in [9.17, 15) is 4.79 Å². The molecule has 82 valence electrons. The molecule has 1 aromatic rings. The number of benzene rings is 1. The first-order valence-corrected chi connectivity index (χ1v) is 5.63. The van der Waals surface area contributed by atoms with Crippen LogP contribution >= 0.6 is 22.6 Å². The summed E-state index contributed by atoms with van der Waals surface area (Å²) in [6.45, 7) is 2.14. The largest absolute Gasteiger partial charge is 0.395 e. The van der Waals surface area contributed by atoms with Gasteiger partial charge in [-0.15, -0.1) is 0 Å². The van der Waals surface area contributed by atoms with Crippen molar-refractivity contribution in [2.75, 3.05) is 18.5 Å². The van der Waals surface area contributed by atoms with Crippen molar-refractivity contribution in [2.24, 2.45) is 0 Å². The Morgan fingerprint density at radius 3 is 2.87 bits per heavy atom. The number of carbonyl (C=O) groups excluding carboxylic acids is 1. The predicted octanol–water partition coefficient (Wildman–Crippen LogP) is 1.71. The number of nitrogens with one attached hydrogen (secondary N) is 2. The lowest BCUT2D eigenvalue weighted by atomic mass is 10.2. The fraction of sp³-hybridized carbons (Fsp3) is 0.300. The summed E-state index contributed by atoms with van der Waals surface area (Å²) in [7, 11) is 0. The van der Waals surface area contributed by atoms with Crippen LogP contribution in [0, 0.1) is 10.5 Å². The van der Waals surface area contributed by atoms with Crippen molar-refractivity contribution >= 4 is 34.3 Å². The molecule has 0 heterocycles. The number of urea groups is 1. The van der Waals surface area contributed by atoms with E-state index in [2.05, 4.69) is 33.2 Å². The van der Waals surface area contributed by atoms with Crippen LogP contribution in [0.3, 0.4) is 0 Å². The zero-order valence-electron chi connectivity index (χ0n) is 8.38. The van der Waals surface area contributed by atoms with E-state index in [-0.39, 0.29) is 19.2 Å². The maximum Gasteiger partial charge on any atom is 0.319 e. The van der Waals surface area contributed by atoms with Crippen molar-refractivity contribution < 1.29 is 9.90 Å². The molecule has 1 aromatic carbocycles. The third-order valence-electron chi connectivity index (χ3n) is 1.83. The molecule has 4 nitrogen and oxygen atoms in total. The number of halogens is 1. The zero-order chi connectivity index (χ0) is 11.3. The van der Waals surface area contributed by atoms with Crippen LogP contribution in [0.15, 0.2) is 18.2 Å². The molecule has 2 amide bonds. The minimum atomic E-state index is -0.298. The van der Waals surface area contributed by atoms with Gasteiger partial charge in [0.25, 0.3) is 0 Å². The van der Waals surface area contributed by atoms with Gasteiger partial charge in [-0.25, -0.2) is 4.79 Å². The first-order chi connectivity index (χ1) is 7.13. The molecule has 0 spiro atoms. The summed E-state index contributed by atoms with van der Waals surface area (Å²) in [5.41, 5.74) is 1.80. The zero-order valence-corrected chi connectivity index (χ0v) is 10.5. The number of carbonyl (C=O) groups is 1. The van der Waals surface area contributed by atoms with Crippen molar-refractivity contribution in [1.82, 2.24) is 5.32 Å². The maximum absolute atomic E-state index is 11.3. The van der Waals surface area contributed by atoms with Gasteiger partial charge in [-0.2, -0.15) is 0 Å². The van der Waals surface area contributed by atoms with Gasteiger partial charge in [-0.3, -0.25) is 0 Å². The van der Waals surface area contributed by atoms with Crippen LogP contribution in [0.25, 0.3) is 0 Å². The second kappa shape index (κ2) is 5.92. The van der Waals surface area contributed by atoms with Gasteiger partial charge >= 0.3 is 6.03 Å². The smallest absolute Gasteiger partial charge is 0.319 e. The Morgan fingerprint density at radius 1 is 1.53 bits per heavy atom. The summed E-state index contributed by atoms with van der Waals surface area (Å²) >= 11 is 2.22. The van der Waals surface area contributed by atoms with Crippen LogP contribution in [-0.2, 0) is 0 Å². The quantitative estimate of drug-likeness (QED) is 0.743. The molecule has 15 heavy (non-hydrogen) atoms. The summed E-state index contributed by atoms with van der Waals surface area (Å²) in [5.74, 6) is 0. The average Bonchev–Trinajstić information content (AvgIpc) is 2.19. The first kappa shape index (κ1) is 12.3. The van der Waals surface area contributed by atoms with Crippen LogP contribution in [0.5, 0.6) is 0 Å². The molecular weight excluding hydrogens is 307 g/mol. The van der Waals surface area contributed by atoms with Gasteiger partial charge in [0.1, 0.15) is 0 Å². The normalized spacial score (nSPS) is 9.80. The molecule has 0 aliphatic heterocycles. The van der Waals surface area contributed by atoms with E-state index >= 15 is 0 Å². The lowest BCUT2D eigenvalue weighted by Crippen LogP contribution is -2.31. The minimum absolute atomic E-state index is 0.0565. The molecule has 0 aliphatic rings. The van der Waals surface area contributed by atoms with Gasteiger partial charge in [-0.05, 0) is 53.3 Å². The SMILES string of the molecule is Cc1cc(I)ccc1NC(=O)NCCO. The van der Waals surface area contributed by atoms with Gasteiger partial charge in [0.2, 0.25) is 0 Å².